The number of hydrogen-bond donors (Lipinski definition) is 1. The van der Waals surface area contributed by atoms with Gasteiger partial charge in [-0.05, 0) is 24.6 Å². The fraction of sp³-hybridized carbons (Fsp3) is 0.353. The van der Waals surface area contributed by atoms with Crippen LogP contribution in [-0.4, -0.2) is 36.3 Å². The van der Waals surface area contributed by atoms with Gasteiger partial charge in [0.1, 0.15) is 0 Å². The van der Waals surface area contributed by atoms with Crippen molar-refractivity contribution in [3.63, 3.8) is 0 Å². The Morgan fingerprint density at radius 3 is 2.41 bits per heavy atom. The normalized spacial score (nSPS) is 15.2. The largest absolute Gasteiger partial charge is 0.392 e. The number of hydrogen-bond acceptors (Lipinski definition) is 4. The molecule has 5 heteroatoms. The van der Waals surface area contributed by atoms with E-state index in [1.165, 1.54) is 5.69 Å². The predicted octanol–water partition coefficient (Wildman–Crippen LogP) is 2.35. The number of piperazine rings is 1. The van der Waals surface area contributed by atoms with E-state index >= 15 is 0 Å². The van der Waals surface area contributed by atoms with Gasteiger partial charge in [0.05, 0.1) is 12.3 Å². The third-order valence-electron chi connectivity index (χ3n) is 4.18. The van der Waals surface area contributed by atoms with Crippen molar-refractivity contribution >= 4 is 11.4 Å². The maximum absolute atomic E-state index is 14.3. The minimum absolute atomic E-state index is 0.268. The molecule has 22 heavy (non-hydrogen) atoms. The summed E-state index contributed by atoms with van der Waals surface area (Å²) >= 11 is 0. The zero-order chi connectivity index (χ0) is 15.5. The zero-order valence-corrected chi connectivity index (χ0v) is 12.7. The first-order valence-electron chi connectivity index (χ1n) is 7.49. The van der Waals surface area contributed by atoms with Crippen LogP contribution in [0.2, 0.25) is 0 Å². The molecule has 0 aliphatic carbocycles. The van der Waals surface area contributed by atoms with E-state index in [9.17, 15) is 9.50 Å². The Morgan fingerprint density at radius 1 is 1.09 bits per heavy atom. The second-order valence-electron chi connectivity index (χ2n) is 5.54. The molecule has 1 aliphatic rings. The van der Waals surface area contributed by atoms with Gasteiger partial charge < -0.3 is 14.9 Å². The molecule has 0 spiro atoms. The number of benzene rings is 1. The summed E-state index contributed by atoms with van der Waals surface area (Å²) in [6, 6.07) is 7.22. The molecule has 1 fully saturated rings. The second kappa shape index (κ2) is 6.32. The number of nitrogens with zero attached hydrogens (tertiary/aromatic N) is 3. The van der Waals surface area contributed by atoms with Crippen molar-refractivity contribution in [2.75, 3.05) is 36.0 Å². The van der Waals surface area contributed by atoms with Crippen LogP contribution in [0.1, 0.15) is 11.1 Å². The first-order valence-corrected chi connectivity index (χ1v) is 7.49. The summed E-state index contributed by atoms with van der Waals surface area (Å²) in [6.45, 7) is 4.98. The van der Waals surface area contributed by atoms with Crippen molar-refractivity contribution in [2.24, 2.45) is 0 Å². The number of anilines is 2. The van der Waals surface area contributed by atoms with Crippen LogP contribution in [0.5, 0.6) is 0 Å². The molecule has 4 nitrogen and oxygen atoms in total. The first-order chi connectivity index (χ1) is 10.7. The lowest BCUT2D eigenvalue weighted by molar-refractivity contribution is 0.276. The zero-order valence-electron chi connectivity index (χ0n) is 12.7. The summed E-state index contributed by atoms with van der Waals surface area (Å²) in [4.78, 5) is 8.47. The fourth-order valence-electron chi connectivity index (χ4n) is 2.94. The van der Waals surface area contributed by atoms with E-state index in [0.717, 1.165) is 31.7 Å². The summed E-state index contributed by atoms with van der Waals surface area (Å²) in [6.07, 6.45) is 3.67. The minimum Gasteiger partial charge on any atom is -0.392 e. The number of rotatable bonds is 3. The topological polar surface area (TPSA) is 39.6 Å². The van der Waals surface area contributed by atoms with Crippen LogP contribution >= 0.6 is 0 Å². The summed E-state index contributed by atoms with van der Waals surface area (Å²) in [5.41, 5.74) is 3.28. The maximum atomic E-state index is 14.3. The van der Waals surface area contributed by atoms with Gasteiger partial charge in [0.2, 0.25) is 0 Å². The number of pyridine rings is 1. The Balaban J connectivity index is 1.74. The van der Waals surface area contributed by atoms with Crippen LogP contribution in [0, 0.1) is 12.7 Å². The van der Waals surface area contributed by atoms with E-state index < -0.39 is 0 Å². The van der Waals surface area contributed by atoms with Gasteiger partial charge in [0.25, 0.3) is 0 Å². The van der Waals surface area contributed by atoms with Crippen molar-refractivity contribution < 1.29 is 9.50 Å². The molecule has 0 atom stereocenters. The second-order valence-corrected chi connectivity index (χ2v) is 5.54. The minimum atomic E-state index is -0.307. The molecule has 1 N–H and O–H groups in total. The van der Waals surface area contributed by atoms with Crippen LogP contribution in [0.25, 0.3) is 0 Å². The molecule has 3 rings (SSSR count). The Bertz CT molecular complexity index is 654. The quantitative estimate of drug-likeness (QED) is 0.944. The molecule has 0 bridgehead atoms. The van der Waals surface area contributed by atoms with Crippen molar-refractivity contribution in [3.05, 3.63) is 53.6 Å². The van der Waals surface area contributed by atoms with Crippen molar-refractivity contribution in [3.8, 4) is 0 Å². The highest BCUT2D eigenvalue weighted by Gasteiger charge is 2.21. The smallest absolute Gasteiger partial charge is 0.151 e. The lowest BCUT2D eigenvalue weighted by Crippen LogP contribution is -2.47. The number of aliphatic hydroxyl groups is 1. The Kier molecular flexibility index (Phi) is 4.24. The van der Waals surface area contributed by atoms with Gasteiger partial charge in [-0.1, -0.05) is 12.1 Å². The predicted molar refractivity (Wildman–Crippen MR) is 85.7 cm³/mol. The third-order valence-corrected chi connectivity index (χ3v) is 4.18. The summed E-state index contributed by atoms with van der Waals surface area (Å²) in [5.74, 6) is -0.307. The average Bonchev–Trinajstić information content (AvgIpc) is 2.56. The van der Waals surface area contributed by atoms with Gasteiger partial charge in [-0.25, -0.2) is 4.39 Å². The number of halogens is 1. The van der Waals surface area contributed by atoms with Crippen LogP contribution in [0.3, 0.4) is 0 Å². The molecule has 0 radical (unpaired) electrons. The standard InChI is InChI=1S/C17H20FN3O/c1-13-11-19-6-5-15(13)20-7-9-21(10-8-20)16-4-2-3-14(12-22)17(16)18/h2-6,11,22H,7-10,12H2,1H3. The van der Waals surface area contributed by atoms with E-state index in [2.05, 4.69) is 16.8 Å². The van der Waals surface area contributed by atoms with Crippen LogP contribution in [0.15, 0.2) is 36.7 Å². The highest BCUT2D eigenvalue weighted by atomic mass is 19.1. The lowest BCUT2D eigenvalue weighted by atomic mass is 10.1. The van der Waals surface area contributed by atoms with Gasteiger partial charge in [-0.15, -0.1) is 0 Å². The fourth-order valence-corrected chi connectivity index (χ4v) is 2.94. The summed E-state index contributed by atoms with van der Waals surface area (Å²) in [7, 11) is 0. The number of aliphatic hydroxyl groups excluding tert-OH is 1. The highest BCUT2D eigenvalue weighted by Crippen LogP contribution is 2.26. The Hall–Kier alpha value is -2.14. The van der Waals surface area contributed by atoms with E-state index in [1.807, 2.05) is 17.2 Å². The SMILES string of the molecule is Cc1cnccc1N1CCN(c2cccc(CO)c2F)CC1. The van der Waals surface area contributed by atoms with Gasteiger partial charge in [0.15, 0.2) is 5.82 Å². The lowest BCUT2D eigenvalue weighted by Gasteiger charge is -2.38. The Labute approximate surface area is 129 Å². The molecular formula is C17H20FN3O. The van der Waals surface area contributed by atoms with E-state index in [1.54, 1.807) is 24.4 Å². The van der Waals surface area contributed by atoms with E-state index in [4.69, 9.17) is 0 Å². The van der Waals surface area contributed by atoms with Crippen LogP contribution in [0.4, 0.5) is 15.8 Å². The molecule has 1 saturated heterocycles. The molecule has 116 valence electrons. The molecule has 2 aromatic rings. The van der Waals surface area contributed by atoms with E-state index in [-0.39, 0.29) is 12.4 Å². The molecule has 1 aromatic carbocycles. The monoisotopic (exact) mass is 301 g/mol. The van der Waals surface area contributed by atoms with Gasteiger partial charge in [0, 0.05) is 49.8 Å². The molecule has 2 heterocycles. The van der Waals surface area contributed by atoms with Crippen LogP contribution < -0.4 is 9.80 Å². The summed E-state index contributed by atoms with van der Waals surface area (Å²) in [5, 5.41) is 9.19. The molecule has 0 saturated carbocycles. The molecule has 1 aliphatic heterocycles. The average molecular weight is 301 g/mol. The van der Waals surface area contributed by atoms with Crippen molar-refractivity contribution in [1.82, 2.24) is 4.98 Å². The molecule has 1 aromatic heterocycles. The van der Waals surface area contributed by atoms with Gasteiger partial charge in [-0.3, -0.25) is 4.98 Å². The van der Waals surface area contributed by atoms with Gasteiger partial charge >= 0.3 is 0 Å². The van der Waals surface area contributed by atoms with Crippen molar-refractivity contribution in [1.29, 1.82) is 0 Å². The maximum Gasteiger partial charge on any atom is 0.151 e. The Morgan fingerprint density at radius 2 is 1.77 bits per heavy atom. The van der Waals surface area contributed by atoms with Crippen LogP contribution in [-0.2, 0) is 6.61 Å². The summed E-state index contributed by atoms with van der Waals surface area (Å²) < 4.78 is 14.3. The molecular weight excluding hydrogens is 281 g/mol. The molecule has 0 unspecified atom stereocenters. The van der Waals surface area contributed by atoms with Gasteiger partial charge in [-0.2, -0.15) is 0 Å². The highest BCUT2D eigenvalue weighted by molar-refractivity contribution is 5.55. The van der Waals surface area contributed by atoms with E-state index in [0.29, 0.717) is 11.3 Å². The number of aromatic nitrogens is 1. The first kappa shape index (κ1) is 14.8. The molecule has 0 amide bonds. The number of aryl methyl sites for hydroxylation is 1. The van der Waals surface area contributed by atoms with Crippen molar-refractivity contribution in [2.45, 2.75) is 13.5 Å². The third kappa shape index (κ3) is 2.76.